The van der Waals surface area contributed by atoms with Crippen LogP contribution >= 0.6 is 11.6 Å². The molecule has 0 aliphatic rings. The lowest BCUT2D eigenvalue weighted by atomic mass is 10.1. The largest absolute Gasteiger partial charge is 0.322 e. The maximum Gasteiger partial charge on any atom is 0.255 e. The number of carbonyl (C=O) groups is 1. The number of carbonyl (C=O) groups excluding carboxylic acids is 1. The van der Waals surface area contributed by atoms with Crippen LogP contribution in [0, 0.1) is 0 Å². The topological polar surface area (TPSA) is 78.5 Å². The summed E-state index contributed by atoms with van der Waals surface area (Å²) in [7, 11) is -3.44. The monoisotopic (exact) mass is 409 g/mol. The van der Waals surface area contributed by atoms with Gasteiger partial charge in [0.15, 0.2) is 0 Å². The van der Waals surface area contributed by atoms with Crippen LogP contribution in [-0.2, 0) is 16.6 Å². The van der Waals surface area contributed by atoms with E-state index in [-0.39, 0.29) is 16.6 Å². The highest BCUT2D eigenvalue weighted by Gasteiger charge is 2.11. The van der Waals surface area contributed by atoms with Gasteiger partial charge in [-0.3, -0.25) is 14.4 Å². The molecule has 0 saturated heterocycles. The Hall–Kier alpha value is -2.09. The average molecular weight is 410 g/mol. The predicted molar refractivity (Wildman–Crippen MR) is 111 cm³/mol. The van der Waals surface area contributed by atoms with Crippen LogP contribution in [0.5, 0.6) is 0 Å². The zero-order valence-electron chi connectivity index (χ0n) is 15.6. The molecular weight excluding hydrogens is 386 g/mol. The molecule has 2 rings (SSSR count). The second kappa shape index (κ2) is 9.21. The van der Waals surface area contributed by atoms with Crippen LogP contribution < -0.4 is 10.0 Å². The van der Waals surface area contributed by atoms with Crippen molar-refractivity contribution >= 4 is 38.9 Å². The van der Waals surface area contributed by atoms with Crippen molar-refractivity contribution in [2.75, 3.05) is 29.4 Å². The van der Waals surface area contributed by atoms with Gasteiger partial charge in [0.1, 0.15) is 0 Å². The van der Waals surface area contributed by atoms with E-state index in [1.54, 1.807) is 0 Å². The molecule has 0 radical (unpaired) electrons. The molecule has 0 heterocycles. The fourth-order valence-electron chi connectivity index (χ4n) is 2.54. The van der Waals surface area contributed by atoms with Gasteiger partial charge in [0.25, 0.3) is 5.91 Å². The van der Waals surface area contributed by atoms with E-state index in [4.69, 9.17) is 11.6 Å². The lowest BCUT2D eigenvalue weighted by Crippen LogP contribution is -2.22. The normalized spacial score (nSPS) is 11.4. The Morgan fingerprint density at radius 2 is 1.70 bits per heavy atom. The number of amides is 1. The first kappa shape index (κ1) is 21.2. The molecule has 0 atom stereocenters. The number of benzene rings is 2. The van der Waals surface area contributed by atoms with Gasteiger partial charge in [0, 0.05) is 17.8 Å². The summed E-state index contributed by atoms with van der Waals surface area (Å²) in [5, 5.41) is 2.97. The molecule has 2 aromatic carbocycles. The number of hydrogen-bond donors (Lipinski definition) is 2. The number of halogens is 1. The zero-order chi connectivity index (χ0) is 20.0. The molecule has 6 nitrogen and oxygen atoms in total. The van der Waals surface area contributed by atoms with Gasteiger partial charge in [0.2, 0.25) is 10.0 Å². The molecule has 0 aromatic heterocycles. The quantitative estimate of drug-likeness (QED) is 0.694. The molecule has 2 N–H and O–H groups in total. The van der Waals surface area contributed by atoms with Crippen molar-refractivity contribution in [1.29, 1.82) is 0 Å². The summed E-state index contributed by atoms with van der Waals surface area (Å²) in [6.45, 7) is 7.09. The average Bonchev–Trinajstić information content (AvgIpc) is 2.61. The summed E-state index contributed by atoms with van der Waals surface area (Å²) in [6, 6.07) is 12.1. The van der Waals surface area contributed by atoms with Gasteiger partial charge in [-0.1, -0.05) is 37.6 Å². The summed E-state index contributed by atoms with van der Waals surface area (Å²) >= 11 is 6.07. The smallest absolute Gasteiger partial charge is 0.255 e. The van der Waals surface area contributed by atoms with Crippen molar-refractivity contribution in [2.24, 2.45) is 0 Å². The Bertz CT molecular complexity index is 895. The number of nitrogens with zero attached hydrogens (tertiary/aromatic N) is 1. The molecule has 27 heavy (non-hydrogen) atoms. The number of nitrogens with one attached hydrogen (secondary N) is 2. The molecule has 0 aliphatic carbocycles. The number of anilines is 2. The van der Waals surface area contributed by atoms with Crippen LogP contribution in [0.15, 0.2) is 42.5 Å². The highest BCUT2D eigenvalue weighted by molar-refractivity contribution is 7.92. The maximum atomic E-state index is 12.4. The molecule has 1 amide bonds. The van der Waals surface area contributed by atoms with E-state index in [1.165, 1.54) is 23.8 Å². The molecule has 2 aromatic rings. The molecule has 146 valence electrons. The first-order chi connectivity index (χ1) is 12.7. The van der Waals surface area contributed by atoms with Gasteiger partial charge in [-0.15, -0.1) is 0 Å². The lowest BCUT2D eigenvalue weighted by Gasteiger charge is -2.18. The Kier molecular flexibility index (Phi) is 7.24. The van der Waals surface area contributed by atoms with E-state index in [9.17, 15) is 13.2 Å². The molecule has 0 spiro atoms. The Labute approximate surface area is 165 Å². The molecule has 0 bridgehead atoms. The van der Waals surface area contributed by atoms with E-state index >= 15 is 0 Å². The highest BCUT2D eigenvalue weighted by Crippen LogP contribution is 2.24. The maximum absolute atomic E-state index is 12.4. The molecule has 8 heteroatoms. The van der Waals surface area contributed by atoms with Gasteiger partial charge in [0.05, 0.1) is 17.0 Å². The Morgan fingerprint density at radius 3 is 2.22 bits per heavy atom. The summed E-state index contributed by atoms with van der Waals surface area (Å²) in [5.41, 5.74) is 2.43. The van der Waals surface area contributed by atoms with Gasteiger partial charge in [-0.2, -0.15) is 0 Å². The lowest BCUT2D eigenvalue weighted by molar-refractivity contribution is 0.102. The first-order valence-electron chi connectivity index (χ1n) is 8.61. The third kappa shape index (κ3) is 6.53. The minimum absolute atomic E-state index is 0.155. The van der Waals surface area contributed by atoms with Crippen molar-refractivity contribution in [3.8, 4) is 0 Å². The Morgan fingerprint density at radius 1 is 1.07 bits per heavy atom. The van der Waals surface area contributed by atoms with E-state index in [0.29, 0.717) is 11.3 Å². The summed E-state index contributed by atoms with van der Waals surface area (Å²) in [6.07, 6.45) is 1.04. The van der Waals surface area contributed by atoms with Crippen LogP contribution in [0.3, 0.4) is 0 Å². The number of hydrogen-bond acceptors (Lipinski definition) is 4. The number of sulfonamides is 1. The van der Waals surface area contributed by atoms with Crippen molar-refractivity contribution < 1.29 is 13.2 Å². The van der Waals surface area contributed by atoms with Gasteiger partial charge < -0.3 is 5.32 Å². The summed E-state index contributed by atoms with van der Waals surface area (Å²) < 4.78 is 24.9. The summed E-state index contributed by atoms with van der Waals surface area (Å²) in [4.78, 5) is 14.7. The van der Waals surface area contributed by atoms with Crippen molar-refractivity contribution in [1.82, 2.24) is 4.90 Å². The van der Waals surface area contributed by atoms with Crippen molar-refractivity contribution in [3.63, 3.8) is 0 Å². The SMILES string of the molecule is CCN(CC)Cc1ccc(NC(=O)c2ccc(NS(C)(=O)=O)c(Cl)c2)cc1. The second-order valence-corrected chi connectivity index (χ2v) is 8.34. The van der Waals surface area contributed by atoms with E-state index in [0.717, 1.165) is 25.9 Å². The van der Waals surface area contributed by atoms with Gasteiger partial charge >= 0.3 is 0 Å². The first-order valence-corrected chi connectivity index (χ1v) is 10.9. The van der Waals surface area contributed by atoms with Crippen LogP contribution in [0.2, 0.25) is 5.02 Å². The van der Waals surface area contributed by atoms with E-state index < -0.39 is 10.0 Å². The fraction of sp³-hybridized carbons (Fsp3) is 0.316. The Balaban J connectivity index is 2.05. The molecule has 0 fully saturated rings. The minimum Gasteiger partial charge on any atom is -0.322 e. The highest BCUT2D eigenvalue weighted by atomic mass is 35.5. The van der Waals surface area contributed by atoms with Gasteiger partial charge in [-0.25, -0.2) is 8.42 Å². The van der Waals surface area contributed by atoms with Crippen LogP contribution in [0.4, 0.5) is 11.4 Å². The number of rotatable bonds is 8. The fourth-order valence-corrected chi connectivity index (χ4v) is 3.40. The van der Waals surface area contributed by atoms with Crippen LogP contribution in [0.1, 0.15) is 29.8 Å². The second-order valence-electron chi connectivity index (χ2n) is 6.18. The third-order valence-electron chi connectivity index (χ3n) is 4.04. The molecule has 0 saturated carbocycles. The predicted octanol–water partition coefficient (Wildman–Crippen LogP) is 3.81. The van der Waals surface area contributed by atoms with Crippen molar-refractivity contribution in [3.05, 3.63) is 58.6 Å². The molecular formula is C19H24ClN3O3S. The van der Waals surface area contributed by atoms with Crippen LogP contribution in [-0.4, -0.2) is 38.6 Å². The van der Waals surface area contributed by atoms with Gasteiger partial charge in [-0.05, 0) is 49.0 Å². The third-order valence-corrected chi connectivity index (χ3v) is 4.94. The molecule has 0 aliphatic heterocycles. The standard InChI is InChI=1S/C19H24ClN3O3S/c1-4-23(5-2)13-14-6-9-16(10-7-14)21-19(24)15-8-11-18(17(20)12-15)22-27(3,25)26/h6-12,22H,4-5,13H2,1-3H3,(H,21,24). The summed E-state index contributed by atoms with van der Waals surface area (Å²) in [5.74, 6) is -0.320. The van der Waals surface area contributed by atoms with E-state index in [2.05, 4.69) is 28.8 Å². The van der Waals surface area contributed by atoms with Crippen LogP contribution in [0.25, 0.3) is 0 Å². The van der Waals surface area contributed by atoms with E-state index in [1.807, 2.05) is 24.3 Å². The van der Waals surface area contributed by atoms with Crippen molar-refractivity contribution in [2.45, 2.75) is 20.4 Å². The zero-order valence-corrected chi connectivity index (χ0v) is 17.2. The minimum atomic E-state index is -3.44. The molecule has 0 unspecified atom stereocenters.